The first kappa shape index (κ1) is 28.2. The van der Waals surface area contributed by atoms with Crippen molar-refractivity contribution in [1.29, 1.82) is 0 Å². The van der Waals surface area contributed by atoms with E-state index in [1.165, 1.54) is 36.4 Å². The molecule has 2 fully saturated rings. The second-order valence-electron chi connectivity index (χ2n) is 10.7. The summed E-state index contributed by atoms with van der Waals surface area (Å²) >= 11 is 6.29. The summed E-state index contributed by atoms with van der Waals surface area (Å²) in [5.41, 5.74) is 1.68. The van der Waals surface area contributed by atoms with Crippen molar-refractivity contribution in [3.63, 3.8) is 0 Å². The van der Waals surface area contributed by atoms with Crippen molar-refractivity contribution < 1.29 is 28.7 Å². The van der Waals surface area contributed by atoms with Crippen molar-refractivity contribution >= 4 is 41.1 Å². The Balaban J connectivity index is 1.38. The minimum absolute atomic E-state index is 0.0733. The van der Waals surface area contributed by atoms with Gasteiger partial charge in [0.2, 0.25) is 0 Å². The third kappa shape index (κ3) is 5.79. The summed E-state index contributed by atoms with van der Waals surface area (Å²) in [6.45, 7) is 3.39. The number of rotatable bonds is 7. The summed E-state index contributed by atoms with van der Waals surface area (Å²) in [4.78, 5) is 66.5. The average Bonchev–Trinajstić information content (AvgIpc) is 3.20. The Morgan fingerprint density at radius 3 is 2.20 bits per heavy atom. The zero-order valence-electron chi connectivity index (χ0n) is 22.7. The predicted molar refractivity (Wildman–Crippen MR) is 151 cm³/mol. The molecule has 1 heterocycles. The van der Waals surface area contributed by atoms with Crippen LogP contribution < -0.4 is 4.74 Å². The van der Waals surface area contributed by atoms with Gasteiger partial charge in [-0.2, -0.15) is 5.01 Å². The van der Waals surface area contributed by atoms with E-state index in [2.05, 4.69) is 0 Å². The molecule has 5 rings (SSSR count). The Kier molecular flexibility index (Phi) is 8.03. The van der Waals surface area contributed by atoms with E-state index in [1.54, 1.807) is 36.4 Å². The maximum Gasteiger partial charge on any atom is 0.343 e. The molecule has 1 aliphatic heterocycles. The number of esters is 1. The molecule has 0 unspecified atom stereocenters. The fourth-order valence-electron chi connectivity index (χ4n) is 5.41. The number of hydrazine groups is 1. The lowest BCUT2D eigenvalue weighted by Crippen LogP contribution is -2.52. The number of carbonyl (C=O) groups is 5. The molecule has 0 radical (unpaired) electrons. The summed E-state index contributed by atoms with van der Waals surface area (Å²) in [6, 6.07) is 19.1. The first-order chi connectivity index (χ1) is 19.6. The topological polar surface area (TPSA) is 101 Å². The lowest BCUT2D eigenvalue weighted by atomic mass is 9.76. The molecular formula is C32H29ClN2O6. The third-order valence-electron chi connectivity index (χ3n) is 7.71. The Labute approximate surface area is 242 Å². The van der Waals surface area contributed by atoms with Crippen molar-refractivity contribution in [2.45, 2.75) is 33.1 Å². The highest BCUT2D eigenvalue weighted by molar-refractivity contribution is 6.34. The largest absolute Gasteiger partial charge is 0.423 e. The van der Waals surface area contributed by atoms with Gasteiger partial charge < -0.3 is 4.74 Å². The van der Waals surface area contributed by atoms with Crippen LogP contribution in [0.5, 0.6) is 5.75 Å². The van der Waals surface area contributed by atoms with E-state index in [0.29, 0.717) is 18.4 Å². The molecule has 2 aliphatic rings. The molecule has 3 aromatic carbocycles. The molecule has 1 saturated heterocycles. The van der Waals surface area contributed by atoms with Gasteiger partial charge in [0.25, 0.3) is 17.7 Å². The number of ketones is 1. The van der Waals surface area contributed by atoms with Gasteiger partial charge in [-0.05, 0) is 80.6 Å². The quantitative estimate of drug-likeness (QED) is 0.160. The number of carbonyl (C=O) groups excluding carboxylic acids is 5. The highest BCUT2D eigenvalue weighted by Gasteiger charge is 2.53. The number of hydrogen-bond donors (Lipinski definition) is 0. The first-order valence-corrected chi connectivity index (χ1v) is 13.9. The maximum atomic E-state index is 13.7. The molecule has 9 heteroatoms. The zero-order valence-corrected chi connectivity index (χ0v) is 23.5. The van der Waals surface area contributed by atoms with Gasteiger partial charge in [0, 0.05) is 5.56 Å². The van der Waals surface area contributed by atoms with E-state index in [1.807, 2.05) is 13.8 Å². The number of benzene rings is 3. The Bertz CT molecular complexity index is 1520. The number of amides is 3. The predicted octanol–water partition coefficient (Wildman–Crippen LogP) is 5.53. The number of aryl methyl sites for hydroxylation is 1. The van der Waals surface area contributed by atoms with Crippen LogP contribution in [0.4, 0.5) is 0 Å². The van der Waals surface area contributed by atoms with Crippen molar-refractivity contribution in [2.24, 2.45) is 17.8 Å². The molecule has 3 amide bonds. The summed E-state index contributed by atoms with van der Waals surface area (Å²) in [7, 11) is 0. The van der Waals surface area contributed by atoms with E-state index in [-0.39, 0.29) is 27.8 Å². The number of halogens is 1. The molecule has 0 spiro atoms. The number of hydrogen-bond acceptors (Lipinski definition) is 6. The van der Waals surface area contributed by atoms with Crippen molar-refractivity contribution in [3.05, 3.63) is 100 Å². The number of Topliss-reactive ketones (excluding diaryl/α,β-unsaturated/α-hetero) is 1. The van der Waals surface area contributed by atoms with E-state index < -0.39 is 47.9 Å². The smallest absolute Gasteiger partial charge is 0.343 e. The van der Waals surface area contributed by atoms with E-state index in [9.17, 15) is 24.0 Å². The summed E-state index contributed by atoms with van der Waals surface area (Å²) < 4.78 is 5.41. The second kappa shape index (κ2) is 11.7. The lowest BCUT2D eigenvalue weighted by Gasteiger charge is -2.30. The van der Waals surface area contributed by atoms with Gasteiger partial charge >= 0.3 is 5.97 Å². The van der Waals surface area contributed by atoms with Gasteiger partial charge in [-0.1, -0.05) is 48.4 Å². The SMILES string of the molecule is Cc1ccc(C(=O)Oc2ccc(C(=O)CN(C(=O)c3ccccc3Cl)N3C(=O)[C@H]4C[C@@H](C)CC[C@H]4C3=O)cc2)cc1. The molecule has 210 valence electrons. The number of imide groups is 1. The first-order valence-electron chi connectivity index (χ1n) is 13.5. The lowest BCUT2D eigenvalue weighted by molar-refractivity contribution is -0.154. The van der Waals surface area contributed by atoms with E-state index in [4.69, 9.17) is 16.3 Å². The van der Waals surface area contributed by atoms with E-state index in [0.717, 1.165) is 22.0 Å². The zero-order chi connectivity index (χ0) is 29.3. The van der Waals surface area contributed by atoms with Crippen molar-refractivity contribution in [3.8, 4) is 5.75 Å². The second-order valence-corrected chi connectivity index (χ2v) is 11.1. The van der Waals surface area contributed by atoms with Crippen LogP contribution in [0.1, 0.15) is 62.8 Å². The van der Waals surface area contributed by atoms with Gasteiger partial charge in [-0.3, -0.25) is 19.2 Å². The summed E-state index contributed by atoms with van der Waals surface area (Å²) in [5, 5.41) is 1.91. The van der Waals surface area contributed by atoms with Crippen LogP contribution in [0.2, 0.25) is 5.02 Å². The molecule has 0 aromatic heterocycles. The average molecular weight is 573 g/mol. The van der Waals surface area contributed by atoms with Crippen molar-refractivity contribution in [2.75, 3.05) is 6.54 Å². The van der Waals surface area contributed by atoms with Gasteiger partial charge in [-0.15, -0.1) is 0 Å². The fourth-order valence-corrected chi connectivity index (χ4v) is 5.63. The molecule has 41 heavy (non-hydrogen) atoms. The normalized spacial score (nSPS) is 20.0. The van der Waals surface area contributed by atoms with Gasteiger partial charge in [0.15, 0.2) is 5.78 Å². The molecular weight excluding hydrogens is 544 g/mol. The third-order valence-corrected chi connectivity index (χ3v) is 8.04. The number of nitrogens with zero attached hydrogens (tertiary/aromatic N) is 2. The molecule has 3 atom stereocenters. The Morgan fingerprint density at radius 1 is 0.878 bits per heavy atom. The van der Waals surface area contributed by atoms with Gasteiger partial charge in [0.1, 0.15) is 12.3 Å². The number of ether oxygens (including phenoxy) is 1. The van der Waals surface area contributed by atoms with Crippen LogP contribution in [0, 0.1) is 24.7 Å². The van der Waals surface area contributed by atoms with Crippen LogP contribution in [0.15, 0.2) is 72.8 Å². The monoisotopic (exact) mass is 572 g/mol. The number of fused-ring (bicyclic) bond motifs is 1. The molecule has 3 aromatic rings. The van der Waals surface area contributed by atoms with Crippen LogP contribution in [-0.2, 0) is 9.59 Å². The molecule has 1 saturated carbocycles. The minimum atomic E-state index is -0.721. The highest BCUT2D eigenvalue weighted by atomic mass is 35.5. The molecule has 0 bridgehead atoms. The maximum absolute atomic E-state index is 13.7. The van der Waals surface area contributed by atoms with Crippen LogP contribution >= 0.6 is 11.6 Å². The minimum Gasteiger partial charge on any atom is -0.423 e. The van der Waals surface area contributed by atoms with Crippen LogP contribution in [0.3, 0.4) is 0 Å². The Hall–Kier alpha value is -4.30. The Morgan fingerprint density at radius 2 is 1.51 bits per heavy atom. The van der Waals surface area contributed by atoms with Crippen LogP contribution in [-0.4, -0.2) is 46.0 Å². The van der Waals surface area contributed by atoms with Crippen molar-refractivity contribution in [1.82, 2.24) is 10.0 Å². The van der Waals surface area contributed by atoms with Gasteiger partial charge in [0.05, 0.1) is 28.0 Å². The van der Waals surface area contributed by atoms with E-state index >= 15 is 0 Å². The van der Waals surface area contributed by atoms with Gasteiger partial charge in [-0.25, -0.2) is 9.80 Å². The summed E-state index contributed by atoms with van der Waals surface area (Å²) in [6.07, 6.45) is 1.92. The fraction of sp³-hybridized carbons (Fsp3) is 0.281. The molecule has 8 nitrogen and oxygen atoms in total. The highest BCUT2D eigenvalue weighted by Crippen LogP contribution is 2.41. The van der Waals surface area contributed by atoms with Crippen LogP contribution in [0.25, 0.3) is 0 Å². The molecule has 1 aliphatic carbocycles. The molecule has 0 N–H and O–H groups in total. The summed E-state index contributed by atoms with van der Waals surface area (Å²) in [5.74, 6) is -3.24. The standard InChI is InChI=1S/C32H29ClN2O6/c1-19-7-10-22(11-8-19)32(40)41-23-14-12-21(13-15-23)28(36)18-34(29(37)25-5-3-4-6-27(25)33)35-30(38)24-16-9-20(2)17-26(24)31(35)39/h3-8,10-15,20,24,26H,9,16-18H2,1-2H3/t20-,24+,26-/m0/s1.